The largest absolute Gasteiger partial charge is 0.399 e. The zero-order chi connectivity index (χ0) is 11.3. The number of hydrogen-bond acceptors (Lipinski definition) is 2. The van der Waals surface area contributed by atoms with Crippen LogP contribution >= 0.6 is 0 Å². The molecule has 0 bridgehead atoms. The smallest absolute Gasteiger partial charge is 0.254 e. The maximum atomic E-state index is 13.2. The average molecular weight is 206 g/mol. The molecule has 0 aliphatic rings. The van der Waals surface area contributed by atoms with Crippen LogP contribution in [0.3, 0.4) is 0 Å². The van der Waals surface area contributed by atoms with Crippen molar-refractivity contribution in [1.29, 1.82) is 0 Å². The number of carbonyl (C=O) groups excluding carboxylic acids is 1. The molecule has 0 spiro atoms. The van der Waals surface area contributed by atoms with Gasteiger partial charge in [-0.1, -0.05) is 0 Å². The number of terminal acetylenes is 1. The van der Waals surface area contributed by atoms with Crippen molar-refractivity contribution in [2.75, 3.05) is 12.3 Å². The Hall–Kier alpha value is -2.02. The normalized spacial score (nSPS) is 9.33. The number of nitrogens with two attached hydrogens (primary N) is 1. The highest BCUT2D eigenvalue weighted by Gasteiger charge is 2.10. The van der Waals surface area contributed by atoms with Crippen molar-refractivity contribution in [3.05, 3.63) is 29.6 Å². The first-order valence-corrected chi connectivity index (χ1v) is 4.42. The zero-order valence-electron chi connectivity index (χ0n) is 8.09. The molecule has 0 aliphatic heterocycles. The average Bonchev–Trinajstić information content (AvgIpc) is 2.22. The Kier molecular flexibility index (Phi) is 3.69. The topological polar surface area (TPSA) is 55.1 Å². The third kappa shape index (κ3) is 2.99. The van der Waals surface area contributed by atoms with Crippen LogP contribution in [0.15, 0.2) is 18.2 Å². The first kappa shape index (κ1) is 11.1. The molecule has 0 saturated carbocycles. The van der Waals surface area contributed by atoms with Crippen LogP contribution in [-0.4, -0.2) is 12.5 Å². The summed E-state index contributed by atoms with van der Waals surface area (Å²) in [5, 5.41) is 2.49. The van der Waals surface area contributed by atoms with Gasteiger partial charge in [-0.05, 0) is 18.2 Å². The highest BCUT2D eigenvalue weighted by molar-refractivity contribution is 5.95. The van der Waals surface area contributed by atoms with Crippen molar-refractivity contribution in [3.63, 3.8) is 0 Å². The summed E-state index contributed by atoms with van der Waals surface area (Å²) >= 11 is 0. The molecular formula is C11H11FN2O. The first-order valence-electron chi connectivity index (χ1n) is 4.42. The number of nitrogens with one attached hydrogen (secondary N) is 1. The van der Waals surface area contributed by atoms with Crippen LogP contribution in [0.1, 0.15) is 16.8 Å². The van der Waals surface area contributed by atoms with Crippen LogP contribution in [0.4, 0.5) is 10.1 Å². The molecule has 0 aromatic heterocycles. The quantitative estimate of drug-likeness (QED) is 0.443. The fourth-order valence-electron chi connectivity index (χ4n) is 1.06. The summed E-state index contributed by atoms with van der Waals surface area (Å²) in [6.45, 7) is 0.323. The van der Waals surface area contributed by atoms with Gasteiger partial charge in [0.05, 0.1) is 5.56 Å². The molecule has 1 rings (SSSR count). The molecular weight excluding hydrogens is 195 g/mol. The molecule has 0 fully saturated rings. The fourth-order valence-corrected chi connectivity index (χ4v) is 1.06. The van der Waals surface area contributed by atoms with Crippen molar-refractivity contribution in [3.8, 4) is 12.3 Å². The third-order valence-electron chi connectivity index (χ3n) is 1.79. The molecule has 4 heteroatoms. The lowest BCUT2D eigenvalue weighted by molar-refractivity contribution is 0.0950. The van der Waals surface area contributed by atoms with E-state index in [2.05, 4.69) is 11.2 Å². The Morgan fingerprint density at radius 3 is 3.00 bits per heavy atom. The number of hydrogen-bond donors (Lipinski definition) is 2. The fraction of sp³-hybridized carbons (Fsp3) is 0.182. The zero-order valence-corrected chi connectivity index (χ0v) is 8.09. The second-order valence-corrected chi connectivity index (χ2v) is 2.95. The molecule has 0 atom stereocenters. The van der Waals surface area contributed by atoms with Crippen LogP contribution in [0, 0.1) is 18.2 Å². The van der Waals surface area contributed by atoms with E-state index in [4.69, 9.17) is 12.2 Å². The van der Waals surface area contributed by atoms with Crippen molar-refractivity contribution >= 4 is 11.6 Å². The summed E-state index contributed by atoms with van der Waals surface area (Å²) < 4.78 is 13.2. The first-order chi connectivity index (χ1) is 7.15. The molecule has 0 heterocycles. The predicted molar refractivity (Wildman–Crippen MR) is 56.6 cm³/mol. The van der Waals surface area contributed by atoms with Gasteiger partial charge in [-0.25, -0.2) is 4.39 Å². The van der Waals surface area contributed by atoms with E-state index in [0.29, 0.717) is 18.7 Å². The minimum Gasteiger partial charge on any atom is -0.399 e. The number of amides is 1. The Balaban J connectivity index is 2.73. The Labute approximate surface area is 87.5 Å². The van der Waals surface area contributed by atoms with Gasteiger partial charge in [0, 0.05) is 18.7 Å². The van der Waals surface area contributed by atoms with E-state index in [9.17, 15) is 9.18 Å². The van der Waals surface area contributed by atoms with E-state index in [-0.39, 0.29) is 5.56 Å². The van der Waals surface area contributed by atoms with Gasteiger partial charge in [0.2, 0.25) is 0 Å². The second kappa shape index (κ2) is 5.01. The van der Waals surface area contributed by atoms with Gasteiger partial charge in [0.25, 0.3) is 5.91 Å². The van der Waals surface area contributed by atoms with Gasteiger partial charge < -0.3 is 11.1 Å². The van der Waals surface area contributed by atoms with Gasteiger partial charge in [0.1, 0.15) is 5.82 Å². The highest BCUT2D eigenvalue weighted by atomic mass is 19.1. The Morgan fingerprint density at radius 1 is 1.60 bits per heavy atom. The number of benzene rings is 1. The molecule has 15 heavy (non-hydrogen) atoms. The van der Waals surface area contributed by atoms with E-state index < -0.39 is 11.7 Å². The highest BCUT2D eigenvalue weighted by Crippen LogP contribution is 2.11. The summed E-state index contributed by atoms with van der Waals surface area (Å²) in [5.74, 6) is 1.27. The van der Waals surface area contributed by atoms with E-state index in [1.54, 1.807) is 0 Å². The van der Waals surface area contributed by atoms with Crippen molar-refractivity contribution < 1.29 is 9.18 Å². The van der Waals surface area contributed by atoms with E-state index in [1.807, 2.05) is 0 Å². The van der Waals surface area contributed by atoms with E-state index in [0.717, 1.165) is 6.07 Å². The lowest BCUT2D eigenvalue weighted by Crippen LogP contribution is -2.25. The van der Waals surface area contributed by atoms with Crippen LogP contribution < -0.4 is 11.1 Å². The SMILES string of the molecule is C#CCCNC(=O)c1cc(N)ccc1F. The van der Waals surface area contributed by atoms with Gasteiger partial charge in [-0.2, -0.15) is 0 Å². The monoisotopic (exact) mass is 206 g/mol. The molecule has 3 nitrogen and oxygen atoms in total. The maximum absolute atomic E-state index is 13.2. The molecule has 1 amide bonds. The molecule has 3 N–H and O–H groups in total. The van der Waals surface area contributed by atoms with Crippen molar-refractivity contribution in [2.45, 2.75) is 6.42 Å². The summed E-state index contributed by atoms with van der Waals surface area (Å²) in [6, 6.07) is 3.85. The van der Waals surface area contributed by atoms with Crippen LogP contribution in [0.5, 0.6) is 0 Å². The van der Waals surface area contributed by atoms with Gasteiger partial charge in [-0.15, -0.1) is 12.3 Å². The lowest BCUT2D eigenvalue weighted by atomic mass is 10.1. The minimum atomic E-state index is -0.595. The summed E-state index contributed by atoms with van der Waals surface area (Å²) in [4.78, 5) is 11.4. The third-order valence-corrected chi connectivity index (χ3v) is 1.79. The number of halogens is 1. The van der Waals surface area contributed by atoms with Crippen molar-refractivity contribution in [1.82, 2.24) is 5.32 Å². The minimum absolute atomic E-state index is 0.0629. The lowest BCUT2D eigenvalue weighted by Gasteiger charge is -2.04. The number of anilines is 1. The van der Waals surface area contributed by atoms with Crippen molar-refractivity contribution in [2.24, 2.45) is 0 Å². The Bertz CT molecular complexity index is 410. The van der Waals surface area contributed by atoms with Crippen LogP contribution in [0.2, 0.25) is 0 Å². The van der Waals surface area contributed by atoms with Gasteiger partial charge in [-0.3, -0.25) is 4.79 Å². The van der Waals surface area contributed by atoms with Crippen LogP contribution in [-0.2, 0) is 0 Å². The number of nitrogen functional groups attached to an aromatic ring is 1. The molecule has 1 aromatic rings. The van der Waals surface area contributed by atoms with E-state index >= 15 is 0 Å². The second-order valence-electron chi connectivity index (χ2n) is 2.95. The standard InChI is InChI=1S/C11H11FN2O/c1-2-3-6-14-11(15)9-7-8(13)4-5-10(9)12/h1,4-5,7H,3,6,13H2,(H,14,15). The summed E-state index contributed by atoms with van der Waals surface area (Å²) in [7, 11) is 0. The van der Waals surface area contributed by atoms with E-state index in [1.165, 1.54) is 12.1 Å². The van der Waals surface area contributed by atoms with Crippen LogP contribution in [0.25, 0.3) is 0 Å². The molecule has 78 valence electrons. The number of rotatable bonds is 3. The summed E-state index contributed by atoms with van der Waals surface area (Å²) in [5.41, 5.74) is 5.72. The molecule has 0 unspecified atom stereocenters. The molecule has 1 aromatic carbocycles. The molecule has 0 aliphatic carbocycles. The Morgan fingerprint density at radius 2 is 2.33 bits per heavy atom. The van der Waals surface area contributed by atoms with Gasteiger partial charge in [0.15, 0.2) is 0 Å². The maximum Gasteiger partial charge on any atom is 0.254 e. The summed E-state index contributed by atoms with van der Waals surface area (Å²) in [6.07, 6.45) is 5.42. The predicted octanol–water partition coefficient (Wildman–Crippen LogP) is 1.16. The molecule has 0 radical (unpaired) electrons. The van der Waals surface area contributed by atoms with Gasteiger partial charge >= 0.3 is 0 Å². The number of carbonyl (C=O) groups is 1. The molecule has 0 saturated heterocycles.